The molecule has 0 saturated carbocycles. The third-order valence-electron chi connectivity index (χ3n) is 2.18. The van der Waals surface area contributed by atoms with Gasteiger partial charge in [-0.15, -0.1) is 0 Å². The highest BCUT2D eigenvalue weighted by Gasteiger charge is 2.18. The summed E-state index contributed by atoms with van der Waals surface area (Å²) in [6.45, 7) is 5.81. The van der Waals surface area contributed by atoms with Crippen LogP contribution in [0.15, 0.2) is 6.33 Å². The predicted octanol–water partition coefficient (Wildman–Crippen LogP) is 0.804. The summed E-state index contributed by atoms with van der Waals surface area (Å²) in [4.78, 5) is 8.06. The molecule has 15 heavy (non-hydrogen) atoms. The molecule has 0 aliphatic carbocycles. The topological polar surface area (TPSA) is 84.1 Å². The van der Waals surface area contributed by atoms with Crippen molar-refractivity contribution in [3.8, 4) is 0 Å². The lowest BCUT2D eigenvalue weighted by atomic mass is 10.1. The van der Waals surface area contributed by atoms with Crippen molar-refractivity contribution >= 4 is 11.6 Å². The number of nitrogens with two attached hydrogens (primary N) is 1. The van der Waals surface area contributed by atoms with Crippen LogP contribution in [0.3, 0.4) is 0 Å². The largest absolute Gasteiger partial charge is 0.394 e. The molecule has 0 spiro atoms. The molecule has 0 saturated heterocycles. The van der Waals surface area contributed by atoms with Gasteiger partial charge < -0.3 is 16.2 Å². The zero-order chi connectivity index (χ0) is 11.5. The second-order valence-corrected chi connectivity index (χ2v) is 4.11. The number of nitrogens with zero attached hydrogens (tertiary/aromatic N) is 2. The lowest BCUT2D eigenvalue weighted by Gasteiger charge is -2.25. The van der Waals surface area contributed by atoms with Gasteiger partial charge in [0.1, 0.15) is 18.0 Å². The van der Waals surface area contributed by atoms with Gasteiger partial charge in [0.05, 0.1) is 12.1 Å². The number of aliphatic hydroxyl groups excluding tert-OH is 1. The Labute approximate surface area is 89.7 Å². The molecule has 1 rings (SSSR count). The Hall–Kier alpha value is -1.36. The smallest absolute Gasteiger partial charge is 0.135 e. The Kier molecular flexibility index (Phi) is 3.47. The minimum Gasteiger partial charge on any atom is -0.394 e. The zero-order valence-electron chi connectivity index (χ0n) is 9.41. The van der Waals surface area contributed by atoms with Crippen molar-refractivity contribution in [1.82, 2.24) is 9.97 Å². The fourth-order valence-corrected chi connectivity index (χ4v) is 1.24. The van der Waals surface area contributed by atoms with Crippen molar-refractivity contribution in [3.05, 3.63) is 11.9 Å². The molecule has 0 fully saturated rings. The van der Waals surface area contributed by atoms with Gasteiger partial charge in [-0.25, -0.2) is 9.97 Å². The summed E-state index contributed by atoms with van der Waals surface area (Å²) in [6.07, 6.45) is 2.18. The first-order valence-corrected chi connectivity index (χ1v) is 4.98. The minimum absolute atomic E-state index is 0.0278. The Morgan fingerprint density at radius 3 is 2.67 bits per heavy atom. The monoisotopic (exact) mass is 210 g/mol. The second kappa shape index (κ2) is 4.44. The average Bonchev–Trinajstić information content (AvgIpc) is 2.18. The number of aromatic nitrogens is 2. The molecule has 0 aromatic carbocycles. The molecule has 0 atom stereocenters. The van der Waals surface area contributed by atoms with Gasteiger partial charge >= 0.3 is 0 Å². The molecule has 1 aromatic heterocycles. The summed E-state index contributed by atoms with van der Waals surface area (Å²) in [5.74, 6) is 1.19. The van der Waals surface area contributed by atoms with E-state index >= 15 is 0 Å². The zero-order valence-corrected chi connectivity index (χ0v) is 9.41. The molecule has 5 heteroatoms. The van der Waals surface area contributed by atoms with E-state index in [4.69, 9.17) is 10.8 Å². The molecule has 5 nitrogen and oxygen atoms in total. The molecule has 0 amide bonds. The molecule has 1 heterocycles. The van der Waals surface area contributed by atoms with E-state index in [-0.39, 0.29) is 6.61 Å². The van der Waals surface area contributed by atoms with Crippen molar-refractivity contribution < 1.29 is 5.11 Å². The van der Waals surface area contributed by atoms with Crippen LogP contribution in [0.4, 0.5) is 11.6 Å². The minimum atomic E-state index is -0.412. The van der Waals surface area contributed by atoms with E-state index < -0.39 is 5.54 Å². The molecule has 0 aliphatic heterocycles. The van der Waals surface area contributed by atoms with Gasteiger partial charge in [0.25, 0.3) is 0 Å². The molecule has 84 valence electrons. The standard InChI is InChI=1S/C10H18N4O/c1-4-7-8(11)12-6-13-9(7)14-10(2,3)5-15/h6,15H,4-5H2,1-3H3,(H3,11,12,13,14). The maximum atomic E-state index is 9.15. The number of aliphatic hydroxyl groups is 1. The Bertz CT molecular complexity index is 338. The predicted molar refractivity (Wildman–Crippen MR) is 60.6 cm³/mol. The van der Waals surface area contributed by atoms with Gasteiger partial charge in [-0.05, 0) is 20.3 Å². The van der Waals surface area contributed by atoms with Gasteiger partial charge in [-0.3, -0.25) is 0 Å². The van der Waals surface area contributed by atoms with Crippen LogP contribution in [-0.2, 0) is 6.42 Å². The number of rotatable bonds is 4. The molecular weight excluding hydrogens is 192 g/mol. The summed E-state index contributed by atoms with van der Waals surface area (Å²) in [7, 11) is 0. The van der Waals surface area contributed by atoms with E-state index in [1.54, 1.807) is 0 Å². The maximum absolute atomic E-state index is 9.15. The van der Waals surface area contributed by atoms with Crippen LogP contribution in [0.1, 0.15) is 26.3 Å². The summed E-state index contributed by atoms with van der Waals surface area (Å²) < 4.78 is 0. The van der Waals surface area contributed by atoms with Gasteiger partial charge in [-0.2, -0.15) is 0 Å². The van der Waals surface area contributed by atoms with Gasteiger partial charge in [0.15, 0.2) is 0 Å². The molecule has 1 aromatic rings. The van der Waals surface area contributed by atoms with Crippen LogP contribution in [0.5, 0.6) is 0 Å². The fourth-order valence-electron chi connectivity index (χ4n) is 1.24. The van der Waals surface area contributed by atoms with Crippen molar-refractivity contribution in [2.75, 3.05) is 17.7 Å². The van der Waals surface area contributed by atoms with Crippen LogP contribution >= 0.6 is 0 Å². The fraction of sp³-hybridized carbons (Fsp3) is 0.600. The van der Waals surface area contributed by atoms with Crippen molar-refractivity contribution in [1.29, 1.82) is 0 Å². The van der Waals surface area contributed by atoms with Crippen molar-refractivity contribution in [2.45, 2.75) is 32.7 Å². The molecule has 4 N–H and O–H groups in total. The van der Waals surface area contributed by atoms with Crippen molar-refractivity contribution in [2.24, 2.45) is 0 Å². The summed E-state index contributed by atoms with van der Waals surface area (Å²) in [5.41, 5.74) is 6.21. The van der Waals surface area contributed by atoms with Gasteiger partial charge in [-0.1, -0.05) is 6.92 Å². The van der Waals surface area contributed by atoms with Crippen molar-refractivity contribution in [3.63, 3.8) is 0 Å². The number of hydrogen-bond donors (Lipinski definition) is 3. The van der Waals surface area contributed by atoms with E-state index in [0.29, 0.717) is 11.6 Å². The number of nitrogen functional groups attached to an aromatic ring is 1. The lowest BCUT2D eigenvalue weighted by Crippen LogP contribution is -2.35. The number of anilines is 2. The lowest BCUT2D eigenvalue weighted by molar-refractivity contribution is 0.234. The summed E-state index contributed by atoms with van der Waals surface area (Å²) >= 11 is 0. The highest BCUT2D eigenvalue weighted by atomic mass is 16.3. The third-order valence-corrected chi connectivity index (χ3v) is 2.18. The quantitative estimate of drug-likeness (QED) is 0.684. The van der Waals surface area contributed by atoms with E-state index in [1.807, 2.05) is 20.8 Å². The van der Waals surface area contributed by atoms with E-state index in [2.05, 4.69) is 15.3 Å². The first-order valence-electron chi connectivity index (χ1n) is 4.98. The number of nitrogens with one attached hydrogen (secondary N) is 1. The van der Waals surface area contributed by atoms with Gasteiger partial charge in [0, 0.05) is 5.56 Å². The SMILES string of the molecule is CCc1c(N)ncnc1NC(C)(C)CO. The Balaban J connectivity index is 2.99. The van der Waals surface area contributed by atoms with Crippen LogP contribution in [0.25, 0.3) is 0 Å². The summed E-state index contributed by atoms with van der Waals surface area (Å²) in [6, 6.07) is 0. The highest BCUT2D eigenvalue weighted by Crippen LogP contribution is 2.20. The molecule has 0 bridgehead atoms. The molecule has 0 unspecified atom stereocenters. The molecular formula is C10H18N4O. The number of hydrogen-bond acceptors (Lipinski definition) is 5. The summed E-state index contributed by atoms with van der Waals surface area (Å²) in [5, 5.41) is 12.3. The highest BCUT2D eigenvalue weighted by molar-refractivity contribution is 5.55. The van der Waals surface area contributed by atoms with E-state index in [1.165, 1.54) is 6.33 Å². The molecule has 0 aliphatic rings. The Morgan fingerprint density at radius 2 is 2.13 bits per heavy atom. The van der Waals surface area contributed by atoms with Crippen LogP contribution in [-0.4, -0.2) is 27.2 Å². The molecule has 0 radical (unpaired) electrons. The average molecular weight is 210 g/mol. The van der Waals surface area contributed by atoms with E-state index in [9.17, 15) is 0 Å². The Morgan fingerprint density at radius 1 is 1.47 bits per heavy atom. The van der Waals surface area contributed by atoms with Crippen LogP contribution < -0.4 is 11.1 Å². The third kappa shape index (κ3) is 2.79. The maximum Gasteiger partial charge on any atom is 0.135 e. The van der Waals surface area contributed by atoms with Crippen LogP contribution in [0.2, 0.25) is 0 Å². The normalized spacial score (nSPS) is 11.5. The first-order chi connectivity index (χ1) is 7.00. The van der Waals surface area contributed by atoms with Gasteiger partial charge in [0.2, 0.25) is 0 Å². The van der Waals surface area contributed by atoms with E-state index in [0.717, 1.165) is 12.0 Å². The van der Waals surface area contributed by atoms with Crippen LogP contribution in [0, 0.1) is 0 Å². The second-order valence-electron chi connectivity index (χ2n) is 4.11. The first kappa shape index (κ1) is 11.7.